The molecule has 0 spiro atoms. The Bertz CT molecular complexity index is 372. The van der Waals surface area contributed by atoms with Crippen LogP contribution in [0.4, 0.5) is 0 Å². The first-order chi connectivity index (χ1) is 11.7. The summed E-state index contributed by atoms with van der Waals surface area (Å²) < 4.78 is 0. The van der Waals surface area contributed by atoms with Crippen LogP contribution in [0.3, 0.4) is 0 Å². The maximum atomic E-state index is 10.3. The van der Waals surface area contributed by atoms with Crippen LogP contribution in [0.15, 0.2) is 36.5 Å². The molecule has 1 atom stereocenters. The summed E-state index contributed by atoms with van der Waals surface area (Å²) in [5.74, 6) is -0.741. The van der Waals surface area contributed by atoms with Crippen LogP contribution in [-0.4, -0.2) is 22.4 Å². The molecule has 0 aliphatic rings. The summed E-state index contributed by atoms with van der Waals surface area (Å²) in [6.07, 6.45) is 22.3. The molecule has 0 radical (unpaired) electrons. The molecule has 2 N–H and O–H groups in total. The molecule has 0 aliphatic carbocycles. The van der Waals surface area contributed by atoms with Crippen molar-refractivity contribution in [1.29, 1.82) is 0 Å². The van der Waals surface area contributed by atoms with Crippen molar-refractivity contribution in [3.63, 3.8) is 0 Å². The monoisotopic (exact) mass is 338 g/mol. The molecule has 4 heteroatoms. The third-order valence-corrected chi connectivity index (χ3v) is 3.75. The first kappa shape index (κ1) is 22.6. The van der Waals surface area contributed by atoms with Gasteiger partial charge in [-0.25, -0.2) is 4.89 Å². The Kier molecular flexibility index (Phi) is 16.9. The summed E-state index contributed by atoms with van der Waals surface area (Å²) in [4.78, 5) is 14.8. The summed E-state index contributed by atoms with van der Waals surface area (Å²) in [7, 11) is 0. The Morgan fingerprint density at radius 2 is 1.75 bits per heavy atom. The molecule has 0 unspecified atom stereocenters. The molecule has 0 saturated heterocycles. The van der Waals surface area contributed by atoms with Gasteiger partial charge >= 0.3 is 5.97 Å². The zero-order valence-corrected chi connectivity index (χ0v) is 15.0. The number of hydrogen-bond acceptors (Lipinski definition) is 3. The van der Waals surface area contributed by atoms with E-state index in [9.17, 15) is 4.79 Å². The number of hydrogen-bond donors (Lipinski definition) is 2. The van der Waals surface area contributed by atoms with Crippen molar-refractivity contribution < 1.29 is 20.0 Å². The maximum Gasteiger partial charge on any atom is 0.303 e. The van der Waals surface area contributed by atoms with E-state index in [4.69, 9.17) is 10.4 Å². The van der Waals surface area contributed by atoms with Crippen molar-refractivity contribution in [2.75, 3.05) is 0 Å². The number of aliphatic carboxylic acids is 1. The molecule has 138 valence electrons. The Morgan fingerprint density at radius 1 is 1.00 bits per heavy atom. The van der Waals surface area contributed by atoms with Gasteiger partial charge in [-0.15, -0.1) is 0 Å². The van der Waals surface area contributed by atoms with Crippen molar-refractivity contribution in [3.05, 3.63) is 36.5 Å². The number of unbranched alkanes of at least 4 members (excludes halogenated alkanes) is 6. The van der Waals surface area contributed by atoms with Gasteiger partial charge in [0.1, 0.15) is 6.10 Å². The number of rotatable bonds is 16. The van der Waals surface area contributed by atoms with E-state index in [1.54, 1.807) is 0 Å². The number of allylic oxidation sites excluding steroid dienone is 5. The number of carbonyl (C=O) groups is 1. The lowest BCUT2D eigenvalue weighted by Gasteiger charge is -2.07. The van der Waals surface area contributed by atoms with E-state index in [1.807, 2.05) is 36.5 Å². The van der Waals surface area contributed by atoms with Gasteiger partial charge < -0.3 is 5.11 Å². The van der Waals surface area contributed by atoms with Crippen molar-refractivity contribution in [2.24, 2.45) is 0 Å². The lowest BCUT2D eigenvalue weighted by molar-refractivity contribution is -0.267. The van der Waals surface area contributed by atoms with Gasteiger partial charge in [0.15, 0.2) is 0 Å². The maximum absolute atomic E-state index is 10.3. The average molecular weight is 338 g/mol. The quantitative estimate of drug-likeness (QED) is 0.121. The summed E-state index contributed by atoms with van der Waals surface area (Å²) in [6.45, 7) is 2.21. The fourth-order valence-corrected chi connectivity index (χ4v) is 2.32. The molecular weight excluding hydrogens is 304 g/mol. The lowest BCUT2D eigenvalue weighted by atomic mass is 10.1. The minimum absolute atomic E-state index is 0.226. The van der Waals surface area contributed by atoms with Crippen LogP contribution in [0, 0.1) is 0 Å². The third-order valence-electron chi connectivity index (χ3n) is 3.75. The highest BCUT2D eigenvalue weighted by Gasteiger charge is 2.03. The molecule has 0 saturated carbocycles. The van der Waals surface area contributed by atoms with Crippen LogP contribution < -0.4 is 0 Å². The highest BCUT2D eigenvalue weighted by atomic mass is 17.1. The first-order valence-corrected chi connectivity index (χ1v) is 9.21. The normalized spacial score (nSPS) is 13.4. The van der Waals surface area contributed by atoms with Gasteiger partial charge in [0, 0.05) is 6.42 Å². The van der Waals surface area contributed by atoms with E-state index in [-0.39, 0.29) is 12.5 Å². The minimum Gasteiger partial charge on any atom is -0.481 e. The van der Waals surface area contributed by atoms with E-state index in [0.29, 0.717) is 6.42 Å². The Hall–Kier alpha value is -1.39. The topological polar surface area (TPSA) is 66.8 Å². The molecule has 0 bridgehead atoms. The summed E-state index contributed by atoms with van der Waals surface area (Å²) >= 11 is 0. The van der Waals surface area contributed by atoms with Crippen LogP contribution in [0.1, 0.15) is 77.6 Å². The fourth-order valence-electron chi connectivity index (χ4n) is 2.32. The van der Waals surface area contributed by atoms with E-state index in [1.165, 1.54) is 32.1 Å². The molecule has 0 aromatic rings. The molecule has 0 heterocycles. The molecule has 24 heavy (non-hydrogen) atoms. The van der Waals surface area contributed by atoms with Crippen molar-refractivity contribution in [3.8, 4) is 0 Å². The third kappa shape index (κ3) is 17.0. The van der Waals surface area contributed by atoms with Crippen LogP contribution in [0.2, 0.25) is 0 Å². The van der Waals surface area contributed by atoms with Gasteiger partial charge in [0.05, 0.1) is 0 Å². The average Bonchev–Trinajstić information content (AvgIpc) is 2.57. The molecule has 0 fully saturated rings. The number of carboxylic acid groups (broad SMARTS) is 1. The predicted molar refractivity (Wildman–Crippen MR) is 99.0 cm³/mol. The van der Waals surface area contributed by atoms with Gasteiger partial charge in [0.2, 0.25) is 0 Å². The Balaban J connectivity index is 3.68. The second kappa shape index (κ2) is 18.0. The predicted octanol–water partition coefficient (Wildman–Crippen LogP) is 5.91. The van der Waals surface area contributed by atoms with E-state index >= 15 is 0 Å². The van der Waals surface area contributed by atoms with Crippen LogP contribution in [0.5, 0.6) is 0 Å². The van der Waals surface area contributed by atoms with Gasteiger partial charge in [-0.2, -0.15) is 0 Å². The molecule has 0 amide bonds. The van der Waals surface area contributed by atoms with E-state index < -0.39 is 5.97 Å². The Labute approximate surface area is 146 Å². The van der Waals surface area contributed by atoms with Gasteiger partial charge in [-0.05, 0) is 25.7 Å². The van der Waals surface area contributed by atoms with Crippen molar-refractivity contribution in [1.82, 2.24) is 0 Å². The van der Waals surface area contributed by atoms with E-state index in [2.05, 4.69) is 11.8 Å². The van der Waals surface area contributed by atoms with Gasteiger partial charge in [-0.3, -0.25) is 10.1 Å². The van der Waals surface area contributed by atoms with E-state index in [0.717, 1.165) is 25.7 Å². The molecular formula is C20H34O4. The SMILES string of the molecule is CCCCCCCC[C@@H](/C=C/C=C\C/C=C\CCCC(=O)O)OO. The second-order valence-electron chi connectivity index (χ2n) is 6.01. The molecule has 0 aromatic carbocycles. The van der Waals surface area contributed by atoms with Crippen LogP contribution in [-0.2, 0) is 9.68 Å². The summed E-state index contributed by atoms with van der Waals surface area (Å²) in [5, 5.41) is 17.4. The molecule has 0 aliphatic heterocycles. The van der Waals surface area contributed by atoms with Crippen LogP contribution in [0.25, 0.3) is 0 Å². The highest BCUT2D eigenvalue weighted by Crippen LogP contribution is 2.10. The first-order valence-electron chi connectivity index (χ1n) is 9.21. The summed E-state index contributed by atoms with van der Waals surface area (Å²) in [6, 6.07) is 0. The zero-order chi connectivity index (χ0) is 17.9. The lowest BCUT2D eigenvalue weighted by Crippen LogP contribution is -2.06. The fraction of sp³-hybridized carbons (Fsp3) is 0.650. The van der Waals surface area contributed by atoms with Crippen LogP contribution >= 0.6 is 0 Å². The Morgan fingerprint density at radius 3 is 2.46 bits per heavy atom. The van der Waals surface area contributed by atoms with Gasteiger partial charge in [-0.1, -0.05) is 81.9 Å². The largest absolute Gasteiger partial charge is 0.481 e. The van der Waals surface area contributed by atoms with Crippen molar-refractivity contribution >= 4 is 5.97 Å². The molecule has 4 nitrogen and oxygen atoms in total. The second-order valence-corrected chi connectivity index (χ2v) is 6.01. The minimum atomic E-state index is -0.741. The smallest absolute Gasteiger partial charge is 0.303 e. The van der Waals surface area contributed by atoms with Crippen molar-refractivity contribution in [2.45, 2.75) is 83.7 Å². The zero-order valence-electron chi connectivity index (χ0n) is 15.0. The standard InChI is InChI=1S/C20H34O4/c1-2-3-4-5-10-13-16-19(24-23)17-14-11-8-6-7-9-12-15-18-20(21)22/h7-9,11,14,17,19,23H,2-6,10,12-13,15-16,18H2,1H3,(H,21,22)/b9-7-,11-8-,17-14+/t19-/m0/s1. The molecule has 0 rings (SSSR count). The molecule has 0 aromatic heterocycles. The summed E-state index contributed by atoms with van der Waals surface area (Å²) in [5.41, 5.74) is 0. The van der Waals surface area contributed by atoms with Gasteiger partial charge in [0.25, 0.3) is 0 Å². The highest BCUT2D eigenvalue weighted by molar-refractivity contribution is 5.66. The number of carboxylic acids is 1.